The van der Waals surface area contributed by atoms with Crippen LogP contribution in [-0.4, -0.2) is 35.0 Å². The van der Waals surface area contributed by atoms with Crippen LogP contribution in [0.1, 0.15) is 22.3 Å². The second-order valence-corrected chi connectivity index (χ2v) is 5.51. The van der Waals surface area contributed by atoms with Gasteiger partial charge in [-0.05, 0) is 24.3 Å². The highest BCUT2D eigenvalue weighted by Crippen LogP contribution is 2.33. The van der Waals surface area contributed by atoms with Crippen LogP contribution in [0.5, 0.6) is 5.75 Å². The fourth-order valence-corrected chi connectivity index (χ4v) is 2.71. The summed E-state index contributed by atoms with van der Waals surface area (Å²) in [5.74, 6) is 0.00347. The summed E-state index contributed by atoms with van der Waals surface area (Å²) >= 11 is 0. The van der Waals surface area contributed by atoms with Crippen LogP contribution in [0.4, 0.5) is 13.2 Å². The van der Waals surface area contributed by atoms with E-state index < -0.39 is 17.6 Å². The Morgan fingerprint density at radius 2 is 1.88 bits per heavy atom. The SMILES string of the molecule is O=C(c1ccccc1C(F)(F)F)N1CC[C@H](Oc2ccncc2)C1. The van der Waals surface area contributed by atoms with Gasteiger partial charge in [-0.1, -0.05) is 12.1 Å². The van der Waals surface area contributed by atoms with Gasteiger partial charge in [0.1, 0.15) is 11.9 Å². The van der Waals surface area contributed by atoms with Crippen molar-refractivity contribution in [1.29, 1.82) is 0 Å². The summed E-state index contributed by atoms with van der Waals surface area (Å²) in [5, 5.41) is 0. The zero-order valence-electron chi connectivity index (χ0n) is 12.7. The van der Waals surface area contributed by atoms with Crippen LogP contribution < -0.4 is 4.74 Å². The van der Waals surface area contributed by atoms with Gasteiger partial charge in [0.15, 0.2) is 0 Å². The zero-order chi connectivity index (χ0) is 17.2. The van der Waals surface area contributed by atoms with Crippen LogP contribution in [0.2, 0.25) is 0 Å². The number of hydrogen-bond donors (Lipinski definition) is 0. The normalized spacial score (nSPS) is 17.8. The Labute approximate surface area is 136 Å². The van der Waals surface area contributed by atoms with Crippen molar-refractivity contribution in [3.05, 3.63) is 59.9 Å². The lowest BCUT2D eigenvalue weighted by atomic mass is 10.1. The Balaban J connectivity index is 1.71. The molecule has 0 bridgehead atoms. The van der Waals surface area contributed by atoms with Crippen LogP contribution in [0, 0.1) is 0 Å². The summed E-state index contributed by atoms with van der Waals surface area (Å²) in [6.07, 6.45) is -1.05. The Bertz CT molecular complexity index is 719. The number of halogens is 3. The molecule has 2 heterocycles. The molecular formula is C17H15F3N2O2. The van der Waals surface area contributed by atoms with Gasteiger partial charge in [-0.2, -0.15) is 13.2 Å². The Morgan fingerprint density at radius 3 is 2.58 bits per heavy atom. The van der Waals surface area contributed by atoms with Crippen molar-refractivity contribution in [2.45, 2.75) is 18.7 Å². The molecule has 1 aromatic heterocycles. The topological polar surface area (TPSA) is 42.4 Å². The maximum atomic E-state index is 13.1. The summed E-state index contributed by atoms with van der Waals surface area (Å²) in [5.41, 5.74) is -1.23. The van der Waals surface area contributed by atoms with Crippen LogP contribution in [0.3, 0.4) is 0 Å². The van der Waals surface area contributed by atoms with E-state index in [1.165, 1.54) is 23.1 Å². The second kappa shape index (κ2) is 6.51. The third-order valence-corrected chi connectivity index (χ3v) is 3.85. The predicted molar refractivity (Wildman–Crippen MR) is 80.6 cm³/mol. The van der Waals surface area contributed by atoms with E-state index in [0.717, 1.165) is 6.07 Å². The number of nitrogens with zero attached hydrogens (tertiary/aromatic N) is 2. The third-order valence-electron chi connectivity index (χ3n) is 3.85. The molecule has 0 N–H and O–H groups in total. The minimum absolute atomic E-state index is 0.241. The minimum Gasteiger partial charge on any atom is -0.488 e. The van der Waals surface area contributed by atoms with Gasteiger partial charge in [-0.15, -0.1) is 0 Å². The molecule has 1 amide bonds. The minimum atomic E-state index is -4.56. The van der Waals surface area contributed by atoms with Crippen LogP contribution in [0.25, 0.3) is 0 Å². The summed E-state index contributed by atoms with van der Waals surface area (Å²) < 4.78 is 44.9. The molecule has 0 aliphatic carbocycles. The van der Waals surface area contributed by atoms with Crippen LogP contribution in [-0.2, 0) is 6.18 Å². The molecule has 7 heteroatoms. The Morgan fingerprint density at radius 1 is 1.17 bits per heavy atom. The highest BCUT2D eigenvalue weighted by molar-refractivity contribution is 5.96. The van der Waals surface area contributed by atoms with Crippen molar-refractivity contribution in [2.24, 2.45) is 0 Å². The van der Waals surface area contributed by atoms with Crippen LogP contribution in [0.15, 0.2) is 48.8 Å². The van der Waals surface area contributed by atoms with E-state index in [4.69, 9.17) is 4.74 Å². The number of carbonyl (C=O) groups excluding carboxylic acids is 1. The van der Waals surface area contributed by atoms with E-state index in [1.54, 1.807) is 24.5 Å². The van der Waals surface area contributed by atoms with Crippen molar-refractivity contribution < 1.29 is 22.7 Å². The third kappa shape index (κ3) is 3.50. The number of pyridine rings is 1. The summed E-state index contributed by atoms with van der Waals surface area (Å²) in [6.45, 7) is 0.619. The molecule has 0 saturated carbocycles. The molecule has 2 aromatic rings. The molecule has 0 unspecified atom stereocenters. The molecule has 1 saturated heterocycles. The molecule has 1 fully saturated rings. The van der Waals surface area contributed by atoms with Gasteiger partial charge in [0.05, 0.1) is 17.7 Å². The fourth-order valence-electron chi connectivity index (χ4n) is 2.71. The number of aromatic nitrogens is 1. The molecule has 3 rings (SSSR count). The number of hydrogen-bond acceptors (Lipinski definition) is 3. The molecule has 0 radical (unpaired) electrons. The van der Waals surface area contributed by atoms with Crippen molar-refractivity contribution in [3.63, 3.8) is 0 Å². The molecule has 1 aromatic carbocycles. The number of ether oxygens (including phenoxy) is 1. The zero-order valence-corrected chi connectivity index (χ0v) is 12.7. The predicted octanol–water partition coefficient (Wildman–Crippen LogP) is 3.39. The molecule has 1 atom stereocenters. The Hall–Kier alpha value is -2.57. The van der Waals surface area contributed by atoms with E-state index in [0.29, 0.717) is 18.7 Å². The number of benzene rings is 1. The van der Waals surface area contributed by atoms with Gasteiger partial charge in [0.2, 0.25) is 0 Å². The monoisotopic (exact) mass is 336 g/mol. The smallest absolute Gasteiger partial charge is 0.417 e. The average Bonchev–Trinajstić information content (AvgIpc) is 3.03. The van der Waals surface area contributed by atoms with E-state index in [1.807, 2.05) is 0 Å². The number of carbonyl (C=O) groups is 1. The summed E-state index contributed by atoms with van der Waals surface area (Å²) in [7, 11) is 0. The van der Waals surface area contributed by atoms with Gasteiger partial charge in [0, 0.05) is 25.4 Å². The molecule has 0 spiro atoms. The number of likely N-dealkylation sites (tertiary alicyclic amines) is 1. The largest absolute Gasteiger partial charge is 0.488 e. The maximum Gasteiger partial charge on any atom is 0.417 e. The number of rotatable bonds is 3. The number of alkyl halides is 3. The summed E-state index contributed by atoms with van der Waals surface area (Å²) in [6, 6.07) is 8.24. The van der Waals surface area contributed by atoms with Crippen molar-refractivity contribution in [1.82, 2.24) is 9.88 Å². The molecule has 1 aliphatic rings. The molecule has 1 aliphatic heterocycles. The van der Waals surface area contributed by atoms with Gasteiger partial charge < -0.3 is 9.64 Å². The van der Waals surface area contributed by atoms with Gasteiger partial charge >= 0.3 is 6.18 Å². The lowest BCUT2D eigenvalue weighted by Gasteiger charge is -2.19. The summed E-state index contributed by atoms with van der Waals surface area (Å²) in [4.78, 5) is 17.8. The van der Waals surface area contributed by atoms with E-state index >= 15 is 0 Å². The first-order chi connectivity index (χ1) is 11.4. The van der Waals surface area contributed by atoms with Gasteiger partial charge in [-0.25, -0.2) is 0 Å². The molecule has 4 nitrogen and oxygen atoms in total. The van der Waals surface area contributed by atoms with Crippen molar-refractivity contribution in [3.8, 4) is 5.75 Å². The Kier molecular flexibility index (Phi) is 4.42. The van der Waals surface area contributed by atoms with E-state index in [2.05, 4.69) is 4.98 Å². The van der Waals surface area contributed by atoms with Gasteiger partial charge in [-0.3, -0.25) is 9.78 Å². The first-order valence-corrected chi connectivity index (χ1v) is 7.47. The molecule has 24 heavy (non-hydrogen) atoms. The first kappa shape index (κ1) is 16.3. The average molecular weight is 336 g/mol. The second-order valence-electron chi connectivity index (χ2n) is 5.51. The van der Waals surface area contributed by atoms with Crippen molar-refractivity contribution in [2.75, 3.05) is 13.1 Å². The highest BCUT2D eigenvalue weighted by atomic mass is 19.4. The molecule has 126 valence electrons. The van der Waals surface area contributed by atoms with Gasteiger partial charge in [0.25, 0.3) is 5.91 Å². The number of amides is 1. The highest BCUT2D eigenvalue weighted by Gasteiger charge is 2.37. The lowest BCUT2D eigenvalue weighted by molar-refractivity contribution is -0.138. The standard InChI is InChI=1S/C17H15F3N2O2/c18-17(19,20)15-4-2-1-3-14(15)16(23)22-10-7-13(11-22)24-12-5-8-21-9-6-12/h1-6,8-9,13H,7,10-11H2/t13-/m0/s1. The lowest BCUT2D eigenvalue weighted by Crippen LogP contribution is -2.32. The maximum absolute atomic E-state index is 13.1. The fraction of sp³-hybridized carbons (Fsp3) is 0.294. The van der Waals surface area contributed by atoms with Crippen LogP contribution >= 0.6 is 0 Å². The molecular weight excluding hydrogens is 321 g/mol. The van der Waals surface area contributed by atoms with E-state index in [9.17, 15) is 18.0 Å². The van der Waals surface area contributed by atoms with Crippen molar-refractivity contribution >= 4 is 5.91 Å². The quantitative estimate of drug-likeness (QED) is 0.863. The van der Waals surface area contributed by atoms with E-state index in [-0.39, 0.29) is 18.2 Å². The first-order valence-electron chi connectivity index (χ1n) is 7.47.